The van der Waals surface area contributed by atoms with Crippen LogP contribution in [0.25, 0.3) is 22.6 Å². The van der Waals surface area contributed by atoms with Crippen molar-refractivity contribution in [1.29, 1.82) is 0 Å². The Morgan fingerprint density at radius 3 is 2.67 bits per heavy atom. The Labute approximate surface area is 145 Å². The largest absolute Gasteiger partial charge is 0.270 e. The molecule has 0 aliphatic heterocycles. The van der Waals surface area contributed by atoms with E-state index in [2.05, 4.69) is 76.1 Å². The van der Waals surface area contributed by atoms with Gasteiger partial charge in [0.15, 0.2) is 10.8 Å². The zero-order valence-electron chi connectivity index (χ0n) is 13.4. The first-order valence-corrected chi connectivity index (χ1v) is 8.89. The Morgan fingerprint density at radius 1 is 1.00 bits per heavy atom. The van der Waals surface area contributed by atoms with Crippen LogP contribution in [-0.2, 0) is 0 Å². The van der Waals surface area contributed by atoms with Gasteiger partial charge in [-0.25, -0.2) is 0 Å². The summed E-state index contributed by atoms with van der Waals surface area (Å²) >= 11 is 1.70. The lowest BCUT2D eigenvalue weighted by molar-refractivity contribution is 0.942. The van der Waals surface area contributed by atoms with Crippen molar-refractivity contribution < 1.29 is 0 Å². The van der Waals surface area contributed by atoms with E-state index in [4.69, 9.17) is 0 Å². The van der Waals surface area contributed by atoms with Gasteiger partial charge in [0, 0.05) is 11.1 Å². The second-order valence-corrected chi connectivity index (χ2v) is 6.63. The summed E-state index contributed by atoms with van der Waals surface area (Å²) in [5.41, 5.74) is 4.50. The number of fused-ring (bicyclic) bond motifs is 3. The SMILES string of the molecule is Cc1cc2nnc(SC/C=C/c3ccccc3)n2c2ccccc12. The molecule has 4 heteroatoms. The molecule has 0 bridgehead atoms. The van der Waals surface area contributed by atoms with Crippen molar-refractivity contribution in [2.45, 2.75) is 12.1 Å². The average molecular weight is 331 g/mol. The molecule has 24 heavy (non-hydrogen) atoms. The van der Waals surface area contributed by atoms with E-state index < -0.39 is 0 Å². The third-order valence-corrected chi connectivity index (χ3v) is 4.87. The van der Waals surface area contributed by atoms with E-state index in [1.54, 1.807) is 11.8 Å². The van der Waals surface area contributed by atoms with E-state index in [-0.39, 0.29) is 0 Å². The van der Waals surface area contributed by atoms with Crippen molar-refractivity contribution in [3.63, 3.8) is 0 Å². The fraction of sp³-hybridized carbons (Fsp3) is 0.100. The first-order valence-electron chi connectivity index (χ1n) is 7.91. The van der Waals surface area contributed by atoms with E-state index in [1.807, 2.05) is 18.2 Å². The summed E-state index contributed by atoms with van der Waals surface area (Å²) in [6.07, 6.45) is 4.30. The number of rotatable bonds is 4. The molecule has 4 rings (SSSR count). The zero-order valence-corrected chi connectivity index (χ0v) is 14.2. The maximum absolute atomic E-state index is 4.37. The van der Waals surface area contributed by atoms with E-state index in [9.17, 15) is 0 Å². The molecule has 2 aromatic heterocycles. The number of aromatic nitrogens is 3. The third-order valence-electron chi connectivity index (χ3n) is 3.99. The first kappa shape index (κ1) is 15.0. The van der Waals surface area contributed by atoms with Crippen molar-refractivity contribution in [3.05, 3.63) is 77.9 Å². The number of nitrogens with zero attached hydrogens (tertiary/aromatic N) is 3. The number of hydrogen-bond donors (Lipinski definition) is 0. The summed E-state index contributed by atoms with van der Waals surface area (Å²) in [5.74, 6) is 0.859. The molecule has 0 spiro atoms. The molecule has 0 saturated carbocycles. The number of pyridine rings is 1. The molecule has 0 aliphatic carbocycles. The molecule has 0 unspecified atom stereocenters. The minimum atomic E-state index is 0.859. The lowest BCUT2D eigenvalue weighted by Gasteiger charge is -2.06. The standard InChI is InChI=1S/C20H17N3S/c1-15-14-19-21-22-20(23(19)18-12-6-5-11-17(15)18)24-13-7-10-16-8-3-2-4-9-16/h2-12,14H,13H2,1H3/b10-7+. The molecule has 0 saturated heterocycles. The van der Waals surface area contributed by atoms with Crippen LogP contribution in [0, 0.1) is 6.92 Å². The van der Waals surface area contributed by atoms with Crippen LogP contribution in [0.3, 0.4) is 0 Å². The van der Waals surface area contributed by atoms with E-state index in [0.717, 1.165) is 22.1 Å². The van der Waals surface area contributed by atoms with Crippen LogP contribution < -0.4 is 0 Å². The van der Waals surface area contributed by atoms with E-state index in [1.165, 1.54) is 16.5 Å². The van der Waals surface area contributed by atoms with Crippen LogP contribution in [0.1, 0.15) is 11.1 Å². The minimum absolute atomic E-state index is 0.859. The third kappa shape index (κ3) is 2.81. The fourth-order valence-corrected chi connectivity index (χ4v) is 3.60. The molecule has 0 amide bonds. The first-order chi connectivity index (χ1) is 11.8. The van der Waals surface area contributed by atoms with Crippen LogP contribution in [0.4, 0.5) is 0 Å². The Morgan fingerprint density at radius 2 is 1.79 bits per heavy atom. The molecule has 2 aromatic carbocycles. The van der Waals surface area contributed by atoms with Gasteiger partial charge in [-0.2, -0.15) is 0 Å². The molecule has 0 N–H and O–H groups in total. The fourth-order valence-electron chi connectivity index (χ4n) is 2.84. The highest BCUT2D eigenvalue weighted by Gasteiger charge is 2.10. The molecule has 3 nitrogen and oxygen atoms in total. The van der Waals surface area contributed by atoms with Gasteiger partial charge in [-0.05, 0) is 30.2 Å². The highest BCUT2D eigenvalue weighted by atomic mass is 32.2. The second-order valence-electron chi connectivity index (χ2n) is 5.64. The smallest absolute Gasteiger partial charge is 0.196 e. The summed E-state index contributed by atoms with van der Waals surface area (Å²) < 4.78 is 2.14. The van der Waals surface area contributed by atoms with Crippen molar-refractivity contribution in [1.82, 2.24) is 14.6 Å². The molecular weight excluding hydrogens is 314 g/mol. The predicted octanol–water partition coefficient (Wildman–Crippen LogP) is 5.00. The summed E-state index contributed by atoms with van der Waals surface area (Å²) in [6, 6.07) is 20.8. The second kappa shape index (κ2) is 6.49. The number of para-hydroxylation sites is 1. The number of aryl methyl sites for hydroxylation is 1. The van der Waals surface area contributed by atoms with Crippen LogP contribution in [0.15, 0.2) is 71.9 Å². The Kier molecular flexibility index (Phi) is 4.05. The molecule has 0 aliphatic rings. The normalized spacial score (nSPS) is 11.7. The molecule has 4 aromatic rings. The van der Waals surface area contributed by atoms with Crippen LogP contribution >= 0.6 is 11.8 Å². The van der Waals surface area contributed by atoms with Gasteiger partial charge < -0.3 is 0 Å². The summed E-state index contributed by atoms with van der Waals surface area (Å²) in [5, 5.41) is 10.9. The summed E-state index contributed by atoms with van der Waals surface area (Å²) in [4.78, 5) is 0. The maximum atomic E-state index is 4.37. The van der Waals surface area contributed by atoms with Crippen molar-refractivity contribution in [2.75, 3.05) is 5.75 Å². The molecule has 2 heterocycles. The molecule has 118 valence electrons. The molecule has 0 radical (unpaired) electrons. The van der Waals surface area contributed by atoms with Gasteiger partial charge in [0.05, 0.1) is 5.52 Å². The highest BCUT2D eigenvalue weighted by molar-refractivity contribution is 7.99. The molecule has 0 fully saturated rings. The summed E-state index contributed by atoms with van der Waals surface area (Å²) in [7, 11) is 0. The lowest BCUT2D eigenvalue weighted by Crippen LogP contribution is -1.93. The van der Waals surface area contributed by atoms with E-state index in [0.29, 0.717) is 0 Å². The van der Waals surface area contributed by atoms with Crippen molar-refractivity contribution >= 4 is 34.4 Å². The molecule has 0 atom stereocenters. The lowest BCUT2D eigenvalue weighted by atomic mass is 10.1. The van der Waals surface area contributed by atoms with Gasteiger partial charge >= 0.3 is 0 Å². The zero-order chi connectivity index (χ0) is 16.4. The Hall–Kier alpha value is -2.59. The van der Waals surface area contributed by atoms with Gasteiger partial charge in [-0.3, -0.25) is 4.40 Å². The quantitative estimate of drug-likeness (QED) is 0.493. The monoisotopic (exact) mass is 331 g/mol. The minimum Gasteiger partial charge on any atom is -0.270 e. The van der Waals surface area contributed by atoms with Crippen LogP contribution in [0.5, 0.6) is 0 Å². The topological polar surface area (TPSA) is 30.2 Å². The van der Waals surface area contributed by atoms with Crippen LogP contribution in [-0.4, -0.2) is 20.4 Å². The Balaban J connectivity index is 1.63. The maximum Gasteiger partial charge on any atom is 0.196 e. The summed E-state index contributed by atoms with van der Waals surface area (Å²) in [6.45, 7) is 2.12. The average Bonchev–Trinajstić information content (AvgIpc) is 3.03. The van der Waals surface area contributed by atoms with Crippen molar-refractivity contribution in [2.24, 2.45) is 0 Å². The number of benzene rings is 2. The van der Waals surface area contributed by atoms with Crippen molar-refractivity contribution in [3.8, 4) is 0 Å². The highest BCUT2D eigenvalue weighted by Crippen LogP contribution is 2.25. The predicted molar refractivity (Wildman–Crippen MR) is 101 cm³/mol. The van der Waals surface area contributed by atoms with Gasteiger partial charge in [0.2, 0.25) is 0 Å². The van der Waals surface area contributed by atoms with E-state index >= 15 is 0 Å². The number of hydrogen-bond acceptors (Lipinski definition) is 3. The van der Waals surface area contributed by atoms with Gasteiger partial charge in [0.1, 0.15) is 0 Å². The van der Waals surface area contributed by atoms with Gasteiger partial charge in [-0.1, -0.05) is 72.4 Å². The van der Waals surface area contributed by atoms with Gasteiger partial charge in [-0.15, -0.1) is 10.2 Å². The van der Waals surface area contributed by atoms with Gasteiger partial charge in [0.25, 0.3) is 0 Å². The molecular formula is C20H17N3S. The Bertz CT molecular complexity index is 1020. The van der Waals surface area contributed by atoms with Crippen LogP contribution in [0.2, 0.25) is 0 Å². The number of thioether (sulfide) groups is 1.